The van der Waals surface area contributed by atoms with Crippen LogP contribution in [-0.4, -0.2) is 30.8 Å². The van der Waals surface area contributed by atoms with Crippen molar-refractivity contribution in [2.75, 3.05) is 0 Å². The molecule has 0 atom stereocenters. The molecule has 3 aromatic heterocycles. The van der Waals surface area contributed by atoms with E-state index in [1.54, 1.807) is 11.3 Å². The number of nitrogens with zero attached hydrogens (tertiary/aromatic N) is 4. The van der Waals surface area contributed by atoms with Gasteiger partial charge in [-0.15, -0.1) is 11.3 Å². The van der Waals surface area contributed by atoms with E-state index >= 15 is 0 Å². The smallest absolute Gasteiger partial charge is 0.307 e. The van der Waals surface area contributed by atoms with Gasteiger partial charge >= 0.3 is 5.97 Å². The van der Waals surface area contributed by atoms with Crippen LogP contribution in [0.15, 0.2) is 73.1 Å². The van der Waals surface area contributed by atoms with Crippen molar-refractivity contribution in [1.82, 2.24) is 19.7 Å². The summed E-state index contributed by atoms with van der Waals surface area (Å²) in [6.45, 7) is 4.98. The highest BCUT2D eigenvalue weighted by molar-refractivity contribution is 7.22. The first-order valence-electron chi connectivity index (χ1n) is 12.7. The number of pyridine rings is 1. The van der Waals surface area contributed by atoms with Gasteiger partial charge in [-0.25, -0.2) is 4.98 Å². The number of aromatic nitrogens is 4. The van der Waals surface area contributed by atoms with Crippen molar-refractivity contribution in [2.45, 2.75) is 33.2 Å². The lowest BCUT2D eigenvalue weighted by Crippen LogP contribution is -2.04. The fraction of sp³-hybridized carbons (Fsp3) is 0.161. The molecule has 3 heterocycles. The lowest BCUT2D eigenvalue weighted by atomic mass is 9.93. The molecule has 0 spiro atoms. The molecule has 0 unspecified atom stereocenters. The molecule has 0 aliphatic rings. The Hall–Kier alpha value is -4.07. The van der Waals surface area contributed by atoms with Gasteiger partial charge in [0.15, 0.2) is 0 Å². The van der Waals surface area contributed by atoms with Crippen molar-refractivity contribution < 1.29 is 9.90 Å². The Morgan fingerprint density at radius 3 is 2.59 bits per heavy atom. The quantitative estimate of drug-likeness (QED) is 0.217. The molecule has 0 fully saturated rings. The molecular formula is C31H25ClN4O2S. The fourth-order valence-electron chi connectivity index (χ4n) is 5.02. The first kappa shape index (κ1) is 25.2. The Kier molecular flexibility index (Phi) is 6.62. The molecule has 6 nitrogen and oxygen atoms in total. The summed E-state index contributed by atoms with van der Waals surface area (Å²) in [5.41, 5.74) is 8.31. The molecule has 3 aromatic carbocycles. The molecule has 0 saturated carbocycles. The van der Waals surface area contributed by atoms with E-state index in [2.05, 4.69) is 41.3 Å². The summed E-state index contributed by atoms with van der Waals surface area (Å²) >= 11 is 7.72. The highest BCUT2D eigenvalue weighted by Gasteiger charge is 2.20. The largest absolute Gasteiger partial charge is 0.481 e. The summed E-state index contributed by atoms with van der Waals surface area (Å²) < 4.78 is 2.99. The summed E-state index contributed by atoms with van der Waals surface area (Å²) in [7, 11) is 0. The van der Waals surface area contributed by atoms with Crippen LogP contribution >= 0.6 is 22.9 Å². The number of benzene rings is 3. The lowest BCUT2D eigenvalue weighted by molar-refractivity contribution is -0.136. The van der Waals surface area contributed by atoms with Crippen LogP contribution in [0, 0.1) is 6.92 Å². The number of rotatable bonds is 7. The van der Waals surface area contributed by atoms with Crippen molar-refractivity contribution in [3.8, 4) is 33.0 Å². The summed E-state index contributed by atoms with van der Waals surface area (Å²) in [5.74, 6) is -0.867. The summed E-state index contributed by atoms with van der Waals surface area (Å²) in [4.78, 5) is 21.4. The van der Waals surface area contributed by atoms with E-state index in [1.165, 1.54) is 0 Å². The van der Waals surface area contributed by atoms with Gasteiger partial charge < -0.3 is 5.11 Å². The van der Waals surface area contributed by atoms with Gasteiger partial charge in [-0.2, -0.15) is 5.10 Å². The molecule has 1 N–H and O–H groups in total. The van der Waals surface area contributed by atoms with Gasteiger partial charge in [-0.3, -0.25) is 14.5 Å². The molecule has 0 saturated heterocycles. The average molecular weight is 553 g/mol. The molecule has 0 bridgehead atoms. The molecule has 194 valence electrons. The summed E-state index contributed by atoms with van der Waals surface area (Å²) in [6, 6.07) is 19.8. The second-order valence-electron chi connectivity index (χ2n) is 9.56. The molecule has 0 aliphatic heterocycles. The number of aliphatic carboxylic acids is 1. The molecule has 0 radical (unpaired) electrons. The molecule has 39 heavy (non-hydrogen) atoms. The first-order valence-corrected chi connectivity index (χ1v) is 13.9. The Morgan fingerprint density at radius 1 is 1.03 bits per heavy atom. The number of thiazole rings is 1. The van der Waals surface area contributed by atoms with E-state index < -0.39 is 5.97 Å². The monoisotopic (exact) mass is 552 g/mol. The second kappa shape index (κ2) is 10.2. The third kappa shape index (κ3) is 4.80. The average Bonchev–Trinajstić information content (AvgIpc) is 3.54. The zero-order valence-electron chi connectivity index (χ0n) is 21.5. The molecule has 0 aliphatic carbocycles. The van der Waals surface area contributed by atoms with E-state index in [-0.39, 0.29) is 6.42 Å². The van der Waals surface area contributed by atoms with Gasteiger partial charge in [0.2, 0.25) is 0 Å². The fourth-order valence-corrected chi connectivity index (χ4v) is 6.28. The number of aryl methyl sites for hydroxylation is 2. The minimum atomic E-state index is -0.867. The van der Waals surface area contributed by atoms with Gasteiger partial charge in [0.1, 0.15) is 5.01 Å². The van der Waals surface area contributed by atoms with Crippen LogP contribution in [0.1, 0.15) is 24.5 Å². The molecule has 6 rings (SSSR count). The highest BCUT2D eigenvalue weighted by atomic mass is 35.5. The maximum absolute atomic E-state index is 11.8. The predicted molar refractivity (Wildman–Crippen MR) is 158 cm³/mol. The molecule has 0 amide bonds. The Bertz CT molecular complexity index is 1860. The van der Waals surface area contributed by atoms with E-state index in [4.69, 9.17) is 16.6 Å². The van der Waals surface area contributed by atoms with Crippen LogP contribution in [0.2, 0.25) is 5.02 Å². The van der Waals surface area contributed by atoms with E-state index in [9.17, 15) is 9.90 Å². The molecule has 6 aromatic rings. The number of hydrogen-bond acceptors (Lipinski definition) is 5. The third-order valence-corrected chi connectivity index (χ3v) is 8.24. The highest BCUT2D eigenvalue weighted by Crippen LogP contribution is 2.41. The predicted octanol–water partition coefficient (Wildman–Crippen LogP) is 8.04. The minimum absolute atomic E-state index is 0.0658. The van der Waals surface area contributed by atoms with Gasteiger partial charge in [0, 0.05) is 39.8 Å². The van der Waals surface area contributed by atoms with Crippen LogP contribution in [-0.2, 0) is 17.8 Å². The SMILES string of the molecule is CCCn1ncc2cc(-c3cc(-c4nc5cc(C)c(CC(=O)O)c(-c6ccc(Cl)cc6)c5s4)ccn3)ccc21. The standard InChI is InChI=1S/C31H25ClN4O2S/c1-3-12-36-27-9-6-20(14-22(27)17-34-36)25-15-21(10-11-33-25)31-35-26-13-18(2)24(16-28(37)38)29(30(26)39-31)19-4-7-23(32)8-5-19/h4-11,13-15,17H,3,12,16H2,1-2H3,(H,37,38). The maximum atomic E-state index is 11.8. The maximum Gasteiger partial charge on any atom is 0.307 e. The Morgan fingerprint density at radius 2 is 1.82 bits per heavy atom. The van der Waals surface area contributed by atoms with Crippen molar-refractivity contribution in [3.63, 3.8) is 0 Å². The zero-order chi connectivity index (χ0) is 27.1. The van der Waals surface area contributed by atoms with Crippen LogP contribution in [0.4, 0.5) is 0 Å². The van der Waals surface area contributed by atoms with E-state index in [1.807, 2.05) is 60.4 Å². The van der Waals surface area contributed by atoms with Crippen LogP contribution in [0.25, 0.3) is 54.1 Å². The van der Waals surface area contributed by atoms with Gasteiger partial charge in [0.25, 0.3) is 0 Å². The molecular weight excluding hydrogens is 528 g/mol. The number of carboxylic acids is 1. The third-order valence-electron chi connectivity index (χ3n) is 6.85. The van der Waals surface area contributed by atoms with Crippen molar-refractivity contribution >= 4 is 50.0 Å². The van der Waals surface area contributed by atoms with Crippen LogP contribution in [0.3, 0.4) is 0 Å². The molecule has 8 heteroatoms. The van der Waals surface area contributed by atoms with Crippen LogP contribution < -0.4 is 0 Å². The second-order valence-corrected chi connectivity index (χ2v) is 11.0. The number of hydrogen-bond donors (Lipinski definition) is 1. The number of fused-ring (bicyclic) bond motifs is 2. The van der Waals surface area contributed by atoms with Crippen molar-refractivity contribution in [2.24, 2.45) is 0 Å². The lowest BCUT2D eigenvalue weighted by Gasteiger charge is -2.13. The van der Waals surface area contributed by atoms with Crippen LogP contribution in [0.5, 0.6) is 0 Å². The van der Waals surface area contributed by atoms with Crippen molar-refractivity contribution in [3.05, 3.63) is 89.2 Å². The van der Waals surface area contributed by atoms with E-state index in [0.29, 0.717) is 5.02 Å². The Balaban J connectivity index is 1.46. The van der Waals surface area contributed by atoms with Gasteiger partial charge in [-0.1, -0.05) is 36.7 Å². The summed E-state index contributed by atoms with van der Waals surface area (Å²) in [6.07, 6.45) is 4.68. The summed E-state index contributed by atoms with van der Waals surface area (Å²) in [5, 5.41) is 16.7. The zero-order valence-corrected chi connectivity index (χ0v) is 23.1. The first-order chi connectivity index (χ1) is 18.9. The topological polar surface area (TPSA) is 80.9 Å². The van der Waals surface area contributed by atoms with Gasteiger partial charge in [-0.05, 0) is 72.5 Å². The minimum Gasteiger partial charge on any atom is -0.481 e. The van der Waals surface area contributed by atoms with E-state index in [0.717, 1.165) is 78.2 Å². The van der Waals surface area contributed by atoms with Gasteiger partial charge in [0.05, 0.1) is 34.0 Å². The normalized spacial score (nSPS) is 11.5. The Labute approximate surface area is 234 Å². The number of halogens is 1. The number of carboxylic acid groups (broad SMARTS) is 1. The van der Waals surface area contributed by atoms with Crippen molar-refractivity contribution in [1.29, 1.82) is 0 Å². The number of carbonyl (C=O) groups is 1.